The zero-order valence-electron chi connectivity index (χ0n) is 22.4. The van der Waals surface area contributed by atoms with Gasteiger partial charge in [0.1, 0.15) is 34.2 Å². The number of aryl methyl sites for hydroxylation is 1. The van der Waals surface area contributed by atoms with Gasteiger partial charge in [-0.1, -0.05) is 19.0 Å². The number of piperidine rings is 1. The normalized spacial score (nSPS) is 15.6. The van der Waals surface area contributed by atoms with Crippen LogP contribution in [0.15, 0.2) is 33.9 Å². The van der Waals surface area contributed by atoms with Crippen molar-refractivity contribution in [3.8, 4) is 5.88 Å². The lowest BCUT2D eigenvalue weighted by Gasteiger charge is -2.30. The van der Waals surface area contributed by atoms with Gasteiger partial charge in [0.15, 0.2) is 11.6 Å². The van der Waals surface area contributed by atoms with Gasteiger partial charge in [-0.2, -0.15) is 15.1 Å². The number of ether oxygens (including phenoxy) is 1. The van der Waals surface area contributed by atoms with Gasteiger partial charge in [0.05, 0.1) is 11.6 Å². The summed E-state index contributed by atoms with van der Waals surface area (Å²) < 4.78 is 50.6. The Morgan fingerprint density at radius 2 is 1.93 bits per heavy atom. The first-order chi connectivity index (χ1) is 18.9. The van der Waals surface area contributed by atoms with Crippen LogP contribution in [0.4, 0.5) is 10.4 Å². The Morgan fingerprint density at radius 3 is 2.55 bits per heavy atom. The molecule has 0 bridgehead atoms. The summed E-state index contributed by atoms with van der Waals surface area (Å²) in [6.45, 7) is 6.97. The van der Waals surface area contributed by atoms with E-state index in [0.717, 1.165) is 12.1 Å². The van der Waals surface area contributed by atoms with Crippen molar-refractivity contribution in [3.05, 3.63) is 47.4 Å². The van der Waals surface area contributed by atoms with Gasteiger partial charge in [0, 0.05) is 44.5 Å². The highest BCUT2D eigenvalue weighted by Crippen LogP contribution is 2.32. The summed E-state index contributed by atoms with van der Waals surface area (Å²) in [6, 6.07) is 3.56. The minimum atomic E-state index is -4.26. The molecular weight excluding hydrogens is 543 g/mol. The van der Waals surface area contributed by atoms with Crippen LogP contribution in [0.2, 0.25) is 0 Å². The molecule has 15 heteroatoms. The monoisotopic (exact) mass is 572 g/mol. The lowest BCUT2D eigenvalue weighted by Crippen LogP contribution is -2.38. The number of ketones is 1. The maximum Gasteiger partial charge on any atom is 0.324 e. The van der Waals surface area contributed by atoms with Crippen molar-refractivity contribution in [1.29, 1.82) is 0 Å². The van der Waals surface area contributed by atoms with Gasteiger partial charge in [-0.05, 0) is 25.1 Å². The molecule has 4 heterocycles. The first-order valence-electron chi connectivity index (χ1n) is 12.7. The van der Waals surface area contributed by atoms with E-state index in [1.807, 2.05) is 18.7 Å². The topological polar surface area (TPSA) is 172 Å². The Labute approximate surface area is 229 Å². The minimum absolute atomic E-state index is 0.0183. The number of carbonyl (C=O) groups excluding carboxylic acids is 1. The number of rotatable bonds is 8. The van der Waals surface area contributed by atoms with E-state index in [1.54, 1.807) is 18.7 Å². The van der Waals surface area contributed by atoms with Crippen LogP contribution in [0.5, 0.6) is 5.88 Å². The molecule has 4 aromatic rings. The number of primary sulfonamides is 1. The van der Waals surface area contributed by atoms with Crippen LogP contribution in [-0.4, -0.2) is 63.3 Å². The van der Waals surface area contributed by atoms with Gasteiger partial charge in [-0.25, -0.2) is 22.9 Å². The van der Waals surface area contributed by atoms with Crippen molar-refractivity contribution in [1.82, 2.24) is 29.9 Å². The lowest BCUT2D eigenvalue weighted by molar-refractivity contribution is 0.0964. The largest absolute Gasteiger partial charge is 0.473 e. The molecule has 0 spiro atoms. The number of nitrogens with zero attached hydrogens (tertiary/aromatic N) is 7. The second-order valence-electron chi connectivity index (χ2n) is 10.1. The van der Waals surface area contributed by atoms with Crippen molar-refractivity contribution >= 4 is 32.9 Å². The number of anilines is 1. The molecule has 0 radical (unpaired) electrons. The molecule has 40 heavy (non-hydrogen) atoms. The molecule has 0 amide bonds. The van der Waals surface area contributed by atoms with Crippen molar-refractivity contribution < 1.29 is 26.9 Å². The second-order valence-corrected chi connectivity index (χ2v) is 11.6. The number of benzene rings is 1. The number of Topliss-reactive ketones (excluding diaryl/α,β-unsaturated/α-hetero) is 1. The van der Waals surface area contributed by atoms with Crippen LogP contribution < -0.4 is 14.8 Å². The fourth-order valence-electron chi connectivity index (χ4n) is 4.65. The maximum absolute atomic E-state index is 14.4. The number of hydrogen-bond donors (Lipinski definition) is 1. The van der Waals surface area contributed by atoms with Crippen LogP contribution >= 0.6 is 0 Å². The number of fused-ring (bicyclic) bond motifs is 1. The highest BCUT2D eigenvalue weighted by atomic mass is 32.2. The highest BCUT2D eigenvalue weighted by molar-refractivity contribution is 7.89. The molecule has 1 atom stereocenters. The van der Waals surface area contributed by atoms with E-state index in [4.69, 9.17) is 14.4 Å². The van der Waals surface area contributed by atoms with Gasteiger partial charge in [0.2, 0.25) is 15.9 Å². The van der Waals surface area contributed by atoms with Crippen LogP contribution in [0.1, 0.15) is 67.3 Å². The van der Waals surface area contributed by atoms with Crippen LogP contribution in [0, 0.1) is 5.82 Å². The van der Waals surface area contributed by atoms with Crippen LogP contribution in [-0.2, 0) is 17.1 Å². The molecule has 1 fully saturated rings. The molecular formula is C25H29FN8O5S. The third-order valence-corrected chi connectivity index (χ3v) is 7.82. The quantitative estimate of drug-likeness (QED) is 0.308. The number of carbonyl (C=O) groups is 1. The summed E-state index contributed by atoms with van der Waals surface area (Å²) in [5, 5.41) is 13.6. The fourth-order valence-corrected chi connectivity index (χ4v) is 5.24. The van der Waals surface area contributed by atoms with Gasteiger partial charge in [-0.3, -0.25) is 9.48 Å². The van der Waals surface area contributed by atoms with Crippen molar-refractivity contribution in [2.45, 2.75) is 56.4 Å². The number of aromatic nitrogens is 6. The molecule has 1 aliphatic heterocycles. The standard InChI is InChI=1S/C25H29FN8O5S/c1-13(2)23-30-25(39-32-23)34-9-7-16(8-10-34)38-24-21-20(28-12-29-24)19(31-33(21)4)14(3)22(35)15-5-6-18(17(26)11-15)40(27,36)37/h5-6,11-14,16H,7-10H2,1-4H3,(H2,27,36,37). The third kappa shape index (κ3) is 5.25. The van der Waals surface area contributed by atoms with Crippen molar-refractivity contribution in [2.24, 2.45) is 12.2 Å². The summed E-state index contributed by atoms with van der Waals surface area (Å²) in [5.41, 5.74) is 1.29. The molecule has 1 unspecified atom stereocenters. The first kappa shape index (κ1) is 27.6. The summed E-state index contributed by atoms with van der Waals surface area (Å²) in [7, 11) is -2.56. The lowest BCUT2D eigenvalue weighted by atomic mass is 9.95. The average Bonchev–Trinajstić information content (AvgIpc) is 3.54. The second kappa shape index (κ2) is 10.5. The zero-order chi connectivity index (χ0) is 28.8. The van der Waals surface area contributed by atoms with E-state index < -0.39 is 32.4 Å². The molecule has 0 saturated carbocycles. The third-order valence-electron chi connectivity index (χ3n) is 6.88. The van der Waals surface area contributed by atoms with E-state index in [1.165, 1.54) is 12.4 Å². The SMILES string of the molecule is CC(C)c1noc(N2CCC(Oc3ncnc4c(C(C)C(=O)c5ccc(S(N)(=O)=O)c(F)c5)nn(C)c34)CC2)n1. The van der Waals surface area contributed by atoms with Gasteiger partial charge < -0.3 is 14.2 Å². The van der Waals surface area contributed by atoms with E-state index in [9.17, 15) is 17.6 Å². The Hall–Kier alpha value is -3.98. The molecule has 212 valence electrons. The van der Waals surface area contributed by atoms with E-state index in [-0.39, 0.29) is 17.6 Å². The molecule has 13 nitrogen and oxygen atoms in total. The Bertz CT molecular complexity index is 1680. The Balaban J connectivity index is 1.33. The summed E-state index contributed by atoms with van der Waals surface area (Å²) >= 11 is 0. The molecule has 1 saturated heterocycles. The number of halogens is 1. The number of hydrogen-bond acceptors (Lipinski definition) is 11. The Kier molecular flexibility index (Phi) is 7.27. The molecule has 2 N–H and O–H groups in total. The Morgan fingerprint density at radius 1 is 1.20 bits per heavy atom. The van der Waals surface area contributed by atoms with Crippen molar-refractivity contribution in [2.75, 3.05) is 18.0 Å². The first-order valence-corrected chi connectivity index (χ1v) is 14.3. The molecule has 5 rings (SSSR count). The molecule has 1 aromatic carbocycles. The zero-order valence-corrected chi connectivity index (χ0v) is 23.2. The van der Waals surface area contributed by atoms with E-state index in [2.05, 4.69) is 25.2 Å². The number of nitrogens with two attached hydrogens (primary N) is 1. The molecule has 3 aromatic heterocycles. The smallest absolute Gasteiger partial charge is 0.324 e. The number of sulfonamides is 1. The molecule has 0 aliphatic carbocycles. The van der Waals surface area contributed by atoms with Crippen LogP contribution in [0.25, 0.3) is 11.0 Å². The van der Waals surface area contributed by atoms with E-state index in [0.29, 0.717) is 60.4 Å². The van der Waals surface area contributed by atoms with E-state index >= 15 is 0 Å². The fraction of sp³-hybridized carbons (Fsp3) is 0.440. The van der Waals surface area contributed by atoms with Gasteiger partial charge >= 0.3 is 6.01 Å². The van der Waals surface area contributed by atoms with Gasteiger partial charge in [0.25, 0.3) is 0 Å². The summed E-state index contributed by atoms with van der Waals surface area (Å²) in [6.07, 6.45) is 2.62. The van der Waals surface area contributed by atoms with Gasteiger partial charge in [-0.15, -0.1) is 0 Å². The summed E-state index contributed by atoms with van der Waals surface area (Å²) in [5.74, 6) is -1.20. The van der Waals surface area contributed by atoms with Crippen molar-refractivity contribution in [3.63, 3.8) is 0 Å². The van der Waals surface area contributed by atoms with Crippen LogP contribution in [0.3, 0.4) is 0 Å². The summed E-state index contributed by atoms with van der Waals surface area (Å²) in [4.78, 5) is 27.7. The minimum Gasteiger partial charge on any atom is -0.473 e. The highest BCUT2D eigenvalue weighted by Gasteiger charge is 2.29. The average molecular weight is 573 g/mol. The molecule has 1 aliphatic rings. The predicted octanol–water partition coefficient (Wildman–Crippen LogP) is 2.69. The maximum atomic E-state index is 14.4. The predicted molar refractivity (Wildman–Crippen MR) is 141 cm³/mol.